The molecule has 1 heterocycles. The minimum atomic E-state index is -1.21. The van der Waals surface area contributed by atoms with Crippen molar-refractivity contribution in [1.82, 2.24) is 4.90 Å². The van der Waals surface area contributed by atoms with E-state index in [2.05, 4.69) is 0 Å². The van der Waals surface area contributed by atoms with Crippen LogP contribution in [0.3, 0.4) is 0 Å². The molecule has 1 aliphatic rings. The molecule has 0 radical (unpaired) electrons. The minimum Gasteiger partial charge on any atom is -0.481 e. The summed E-state index contributed by atoms with van der Waals surface area (Å²) >= 11 is 0. The third kappa shape index (κ3) is 3.30. The van der Waals surface area contributed by atoms with E-state index in [4.69, 9.17) is 0 Å². The van der Waals surface area contributed by atoms with E-state index >= 15 is 0 Å². The van der Waals surface area contributed by atoms with Crippen molar-refractivity contribution in [3.8, 4) is 0 Å². The van der Waals surface area contributed by atoms with Crippen LogP contribution < -0.4 is 0 Å². The van der Waals surface area contributed by atoms with Gasteiger partial charge in [-0.2, -0.15) is 0 Å². The summed E-state index contributed by atoms with van der Waals surface area (Å²) in [4.78, 5) is 49.6. The van der Waals surface area contributed by atoms with E-state index < -0.39 is 36.2 Å². The number of fused-ring (bicyclic) bond motifs is 2. The van der Waals surface area contributed by atoms with Gasteiger partial charge in [0.25, 0.3) is 11.8 Å². The van der Waals surface area contributed by atoms with E-state index in [1.807, 2.05) is 42.5 Å². The maximum atomic E-state index is 13.0. The van der Waals surface area contributed by atoms with Gasteiger partial charge in [0, 0.05) is 0 Å². The SMILES string of the molecule is O=C(O)C[C@@H](Cc1cccc2ccccc12)N1C(=O)c2ccc(C(=O)O)cc2C1=O. The summed E-state index contributed by atoms with van der Waals surface area (Å²) in [7, 11) is 0. The van der Waals surface area contributed by atoms with Crippen molar-refractivity contribution in [3.63, 3.8) is 0 Å². The standard InChI is InChI=1S/C23H17NO6/c25-20(26)12-16(10-14-6-3-5-13-4-1-2-7-17(13)14)24-21(27)18-9-8-15(23(29)30)11-19(18)22(24)28/h1-9,11,16H,10,12H2,(H,25,26)(H,29,30)/t16-/m1/s1. The Labute approximate surface area is 171 Å². The van der Waals surface area contributed by atoms with E-state index in [1.54, 1.807) is 0 Å². The van der Waals surface area contributed by atoms with Gasteiger partial charge in [0.15, 0.2) is 0 Å². The summed E-state index contributed by atoms with van der Waals surface area (Å²) in [5.74, 6) is -3.64. The van der Waals surface area contributed by atoms with Crippen LogP contribution in [-0.2, 0) is 11.2 Å². The fourth-order valence-electron chi connectivity index (χ4n) is 3.90. The Hall–Kier alpha value is -4.00. The quantitative estimate of drug-likeness (QED) is 0.611. The average Bonchev–Trinajstić information content (AvgIpc) is 2.97. The Kier molecular flexibility index (Phi) is 4.79. The molecule has 0 aliphatic carbocycles. The zero-order valence-electron chi connectivity index (χ0n) is 15.7. The van der Waals surface area contributed by atoms with Crippen molar-refractivity contribution in [2.24, 2.45) is 0 Å². The number of carbonyl (C=O) groups excluding carboxylic acids is 2. The van der Waals surface area contributed by atoms with E-state index in [1.165, 1.54) is 12.1 Å². The van der Waals surface area contributed by atoms with Crippen LogP contribution in [0.15, 0.2) is 60.7 Å². The van der Waals surface area contributed by atoms with E-state index in [9.17, 15) is 29.4 Å². The van der Waals surface area contributed by atoms with Gasteiger partial charge in [-0.05, 0) is 41.0 Å². The van der Waals surface area contributed by atoms with Gasteiger partial charge >= 0.3 is 11.9 Å². The molecule has 3 aromatic rings. The molecule has 0 spiro atoms. The molecule has 0 saturated heterocycles. The number of amides is 2. The predicted octanol–water partition coefficient (Wildman–Crippen LogP) is 3.22. The number of carboxylic acids is 2. The number of aliphatic carboxylic acids is 1. The molecule has 0 bridgehead atoms. The maximum absolute atomic E-state index is 13.0. The Morgan fingerprint density at radius 2 is 1.57 bits per heavy atom. The zero-order valence-corrected chi connectivity index (χ0v) is 15.7. The highest BCUT2D eigenvalue weighted by Crippen LogP contribution is 2.29. The fourth-order valence-corrected chi connectivity index (χ4v) is 3.90. The predicted molar refractivity (Wildman–Crippen MR) is 108 cm³/mol. The Morgan fingerprint density at radius 3 is 2.30 bits per heavy atom. The molecule has 7 nitrogen and oxygen atoms in total. The summed E-state index contributed by atoms with van der Waals surface area (Å²) in [6.45, 7) is 0. The summed E-state index contributed by atoms with van der Waals surface area (Å²) < 4.78 is 0. The number of nitrogens with zero attached hydrogens (tertiary/aromatic N) is 1. The summed E-state index contributed by atoms with van der Waals surface area (Å²) in [6.07, 6.45) is -0.245. The molecule has 2 amide bonds. The highest BCUT2D eigenvalue weighted by Gasteiger charge is 2.41. The van der Waals surface area contributed by atoms with Crippen molar-refractivity contribution in [3.05, 3.63) is 82.9 Å². The van der Waals surface area contributed by atoms with Crippen LogP contribution in [0.1, 0.15) is 43.1 Å². The van der Waals surface area contributed by atoms with Crippen LogP contribution in [-0.4, -0.2) is 44.9 Å². The van der Waals surface area contributed by atoms with Crippen molar-refractivity contribution < 1.29 is 29.4 Å². The summed E-state index contributed by atoms with van der Waals surface area (Å²) in [6, 6.07) is 16.0. The molecule has 0 aromatic heterocycles. The summed E-state index contributed by atoms with van der Waals surface area (Å²) in [5.41, 5.74) is 0.772. The molecule has 30 heavy (non-hydrogen) atoms. The number of rotatable bonds is 6. The average molecular weight is 403 g/mol. The van der Waals surface area contributed by atoms with Crippen molar-refractivity contribution >= 4 is 34.5 Å². The molecule has 3 aromatic carbocycles. The fraction of sp³-hybridized carbons (Fsp3) is 0.130. The molecule has 4 rings (SSSR count). The molecule has 0 fully saturated rings. The maximum Gasteiger partial charge on any atom is 0.335 e. The zero-order chi connectivity index (χ0) is 21.4. The number of benzene rings is 3. The number of hydrogen-bond acceptors (Lipinski definition) is 4. The van der Waals surface area contributed by atoms with Crippen molar-refractivity contribution in [2.75, 3.05) is 0 Å². The number of carboxylic acid groups (broad SMARTS) is 2. The van der Waals surface area contributed by atoms with Gasteiger partial charge in [0.05, 0.1) is 29.2 Å². The third-order valence-electron chi connectivity index (χ3n) is 5.28. The summed E-state index contributed by atoms with van der Waals surface area (Å²) in [5, 5.41) is 20.5. The monoisotopic (exact) mass is 403 g/mol. The molecule has 2 N–H and O–H groups in total. The molecule has 1 aliphatic heterocycles. The smallest absolute Gasteiger partial charge is 0.335 e. The van der Waals surface area contributed by atoms with E-state index in [0.717, 1.165) is 27.3 Å². The van der Waals surface area contributed by atoms with Crippen LogP contribution in [0, 0.1) is 0 Å². The lowest BCUT2D eigenvalue weighted by Gasteiger charge is -2.25. The second kappa shape index (κ2) is 7.44. The second-order valence-corrected chi connectivity index (χ2v) is 7.14. The Morgan fingerprint density at radius 1 is 0.867 bits per heavy atom. The van der Waals surface area contributed by atoms with E-state index in [-0.39, 0.29) is 23.1 Å². The normalized spacial score (nSPS) is 14.1. The van der Waals surface area contributed by atoms with Gasteiger partial charge in [0.1, 0.15) is 0 Å². The number of aromatic carboxylic acids is 1. The van der Waals surface area contributed by atoms with Crippen molar-refractivity contribution in [1.29, 1.82) is 0 Å². The molecule has 0 saturated carbocycles. The lowest BCUT2D eigenvalue weighted by Crippen LogP contribution is -2.42. The lowest BCUT2D eigenvalue weighted by molar-refractivity contribution is -0.137. The topological polar surface area (TPSA) is 112 Å². The molecule has 0 unspecified atom stereocenters. The molecular weight excluding hydrogens is 386 g/mol. The van der Waals surface area contributed by atoms with Gasteiger partial charge in [0.2, 0.25) is 0 Å². The number of imide groups is 1. The minimum absolute atomic E-state index is 0.0202. The number of carbonyl (C=O) groups is 4. The van der Waals surface area contributed by atoms with Gasteiger partial charge in [-0.3, -0.25) is 19.3 Å². The van der Waals surface area contributed by atoms with Gasteiger partial charge < -0.3 is 10.2 Å². The van der Waals surface area contributed by atoms with Crippen LogP contribution in [0.5, 0.6) is 0 Å². The Bertz CT molecular complexity index is 1210. The first kappa shape index (κ1) is 19.3. The Balaban J connectivity index is 1.74. The van der Waals surface area contributed by atoms with Gasteiger partial charge in [-0.1, -0.05) is 42.5 Å². The van der Waals surface area contributed by atoms with Crippen LogP contribution in [0.25, 0.3) is 10.8 Å². The first-order chi connectivity index (χ1) is 14.4. The van der Waals surface area contributed by atoms with Gasteiger partial charge in [-0.25, -0.2) is 4.79 Å². The van der Waals surface area contributed by atoms with Crippen LogP contribution >= 0.6 is 0 Å². The first-order valence-corrected chi connectivity index (χ1v) is 9.30. The largest absolute Gasteiger partial charge is 0.481 e. The molecule has 7 heteroatoms. The highest BCUT2D eigenvalue weighted by molar-refractivity contribution is 6.22. The molecule has 1 atom stereocenters. The van der Waals surface area contributed by atoms with E-state index in [0.29, 0.717) is 0 Å². The lowest BCUT2D eigenvalue weighted by atomic mass is 9.96. The first-order valence-electron chi connectivity index (χ1n) is 9.30. The van der Waals surface area contributed by atoms with Gasteiger partial charge in [-0.15, -0.1) is 0 Å². The van der Waals surface area contributed by atoms with Crippen LogP contribution in [0.4, 0.5) is 0 Å². The third-order valence-corrected chi connectivity index (χ3v) is 5.28. The second-order valence-electron chi connectivity index (χ2n) is 7.14. The molecular formula is C23H17NO6. The molecule has 150 valence electrons. The van der Waals surface area contributed by atoms with Crippen LogP contribution in [0.2, 0.25) is 0 Å². The highest BCUT2D eigenvalue weighted by atomic mass is 16.4. The van der Waals surface area contributed by atoms with Crippen molar-refractivity contribution in [2.45, 2.75) is 18.9 Å². The number of hydrogen-bond donors (Lipinski definition) is 2.